The summed E-state index contributed by atoms with van der Waals surface area (Å²) in [6, 6.07) is 63.1. The molecule has 0 saturated carbocycles. The van der Waals surface area contributed by atoms with Gasteiger partial charge >= 0.3 is 0 Å². The minimum atomic E-state index is 0.440. The molecule has 8 aromatic carbocycles. The van der Waals surface area contributed by atoms with Crippen molar-refractivity contribution in [1.82, 2.24) is 19.5 Å². The van der Waals surface area contributed by atoms with Crippen LogP contribution in [0.15, 0.2) is 186 Å². The van der Waals surface area contributed by atoms with Gasteiger partial charge in [-0.2, -0.15) is 5.26 Å². The average molecular weight is 767 g/mol. The summed E-state index contributed by atoms with van der Waals surface area (Å²) in [4.78, 5) is 19.3. The molecule has 11 aromatic rings. The molecule has 11 rings (SSSR count). The third-order valence-corrected chi connectivity index (χ3v) is 11.1. The summed E-state index contributed by atoms with van der Waals surface area (Å²) in [6.07, 6.45) is 0. The number of aromatic nitrogens is 4. The molecule has 0 spiro atoms. The van der Waals surface area contributed by atoms with E-state index in [4.69, 9.17) is 25.9 Å². The lowest BCUT2D eigenvalue weighted by molar-refractivity contribution is 0.669. The smallest absolute Gasteiger partial charge is 0.196 e. The molecule has 0 aliphatic rings. The average Bonchev–Trinajstić information content (AvgIpc) is 3.86. The number of nitriles is 1. The number of rotatable bonds is 6. The van der Waals surface area contributed by atoms with Crippen molar-refractivity contribution < 1.29 is 4.42 Å². The number of nitrogens with zero attached hydrogens (tertiary/aromatic N) is 6. The second-order valence-corrected chi connectivity index (χ2v) is 14.6. The molecule has 3 heterocycles. The number of furan rings is 1. The quantitative estimate of drug-likeness (QED) is 0.157. The van der Waals surface area contributed by atoms with Crippen LogP contribution in [0, 0.1) is 17.9 Å². The number of fused-ring (bicyclic) bond motifs is 6. The van der Waals surface area contributed by atoms with E-state index in [0.717, 1.165) is 88.4 Å². The maximum atomic E-state index is 9.52. The maximum Gasteiger partial charge on any atom is 0.196 e. The van der Waals surface area contributed by atoms with E-state index >= 15 is 0 Å². The summed E-state index contributed by atoms with van der Waals surface area (Å²) in [6.45, 7) is 7.90. The number of hydrogen-bond acceptors (Lipinski definition) is 5. The Kier molecular flexibility index (Phi) is 8.11. The van der Waals surface area contributed by atoms with Gasteiger partial charge in [-0.3, -0.25) is 0 Å². The first kappa shape index (κ1) is 34.6. The summed E-state index contributed by atoms with van der Waals surface area (Å²) in [5.41, 5.74) is 11.8. The zero-order valence-electron chi connectivity index (χ0n) is 31.9. The largest absolute Gasteiger partial charge is 0.456 e. The summed E-state index contributed by atoms with van der Waals surface area (Å²) >= 11 is 0. The fourth-order valence-corrected chi connectivity index (χ4v) is 8.26. The van der Waals surface area contributed by atoms with Gasteiger partial charge < -0.3 is 8.98 Å². The van der Waals surface area contributed by atoms with Gasteiger partial charge in [-0.25, -0.2) is 19.8 Å². The highest BCUT2D eigenvalue weighted by Crippen LogP contribution is 2.41. The first-order valence-corrected chi connectivity index (χ1v) is 19.5. The predicted octanol–water partition coefficient (Wildman–Crippen LogP) is 13.6. The van der Waals surface area contributed by atoms with Crippen molar-refractivity contribution in [2.24, 2.45) is 0 Å². The maximum absolute atomic E-state index is 9.52. The predicted molar refractivity (Wildman–Crippen MR) is 240 cm³/mol. The monoisotopic (exact) mass is 766 g/mol. The van der Waals surface area contributed by atoms with Crippen LogP contribution in [-0.4, -0.2) is 19.5 Å². The lowest BCUT2D eigenvalue weighted by Gasteiger charge is -2.16. The Hall–Kier alpha value is -8.65. The van der Waals surface area contributed by atoms with Gasteiger partial charge in [-0.05, 0) is 82.9 Å². The van der Waals surface area contributed by atoms with Gasteiger partial charge in [0.1, 0.15) is 11.2 Å². The van der Waals surface area contributed by atoms with Crippen LogP contribution in [0.4, 0.5) is 5.69 Å². The molecule has 0 atom stereocenters. The number of para-hydroxylation sites is 2. The van der Waals surface area contributed by atoms with Crippen molar-refractivity contribution >= 4 is 49.4 Å². The van der Waals surface area contributed by atoms with E-state index in [0.29, 0.717) is 28.7 Å². The van der Waals surface area contributed by atoms with Gasteiger partial charge in [-0.1, -0.05) is 121 Å². The van der Waals surface area contributed by atoms with Crippen molar-refractivity contribution in [2.75, 3.05) is 0 Å². The van der Waals surface area contributed by atoms with Crippen LogP contribution in [0.3, 0.4) is 0 Å². The standard InChI is InChI=1S/C53H30N6O/c1-55-45-28-33(32-54)20-24-39(45)38-22-26-47-42(31-38)40-16-8-10-18-46(40)59(47)48-25-21-36(37-23-27-50-43(29-37)41-17-9-11-19-49(41)60-50)30-44(48)53-57-51(34-12-4-2-5-13-34)56-52(58-53)35-14-6-3-7-15-35/h2-31H. The second-order valence-electron chi connectivity index (χ2n) is 14.6. The molecule has 0 radical (unpaired) electrons. The summed E-state index contributed by atoms with van der Waals surface area (Å²) in [5, 5.41) is 13.7. The van der Waals surface area contributed by atoms with E-state index in [9.17, 15) is 5.26 Å². The van der Waals surface area contributed by atoms with Gasteiger partial charge in [0, 0.05) is 43.8 Å². The molecule has 0 N–H and O–H groups in total. The van der Waals surface area contributed by atoms with Gasteiger partial charge in [0.05, 0.1) is 29.4 Å². The molecule has 0 aliphatic carbocycles. The Morgan fingerprint density at radius 1 is 0.467 bits per heavy atom. The van der Waals surface area contributed by atoms with E-state index < -0.39 is 0 Å². The molecule has 7 nitrogen and oxygen atoms in total. The normalized spacial score (nSPS) is 11.3. The van der Waals surface area contributed by atoms with E-state index in [-0.39, 0.29) is 0 Å². The summed E-state index contributed by atoms with van der Waals surface area (Å²) in [5.74, 6) is 1.69. The van der Waals surface area contributed by atoms with Gasteiger partial charge in [-0.15, -0.1) is 0 Å². The van der Waals surface area contributed by atoms with Gasteiger partial charge in [0.15, 0.2) is 23.2 Å². The highest BCUT2D eigenvalue weighted by atomic mass is 16.3. The van der Waals surface area contributed by atoms with E-state index in [2.05, 4.69) is 94.3 Å². The van der Waals surface area contributed by atoms with Crippen molar-refractivity contribution in [1.29, 1.82) is 5.26 Å². The highest BCUT2D eigenvalue weighted by Gasteiger charge is 2.21. The number of hydrogen-bond donors (Lipinski definition) is 0. The molecule has 0 saturated heterocycles. The SMILES string of the molecule is [C-]#[N+]c1cc(C#N)ccc1-c1ccc2c(c1)c1ccccc1n2-c1ccc(-c2ccc3oc4ccccc4c3c2)cc1-c1nc(-c2ccccc2)nc(-c2ccccc2)n1. The van der Waals surface area contributed by atoms with Crippen molar-refractivity contribution in [3.05, 3.63) is 199 Å². The van der Waals surface area contributed by atoms with Gasteiger partial charge in [0.25, 0.3) is 0 Å². The first-order valence-electron chi connectivity index (χ1n) is 19.5. The Balaban J connectivity index is 1.18. The molecule has 7 heteroatoms. The highest BCUT2D eigenvalue weighted by molar-refractivity contribution is 6.11. The molecule has 0 aliphatic heterocycles. The lowest BCUT2D eigenvalue weighted by Crippen LogP contribution is -2.04. The van der Waals surface area contributed by atoms with Crippen LogP contribution in [0.5, 0.6) is 0 Å². The first-order chi connectivity index (χ1) is 29.6. The van der Waals surface area contributed by atoms with E-state index in [1.165, 1.54) is 0 Å². The van der Waals surface area contributed by atoms with Crippen LogP contribution in [-0.2, 0) is 0 Å². The zero-order chi connectivity index (χ0) is 40.2. The summed E-state index contributed by atoms with van der Waals surface area (Å²) in [7, 11) is 0. The molecule has 0 fully saturated rings. The van der Waals surface area contributed by atoms with E-state index in [1.54, 1.807) is 12.1 Å². The van der Waals surface area contributed by atoms with Gasteiger partial charge in [0.2, 0.25) is 0 Å². The third-order valence-electron chi connectivity index (χ3n) is 11.1. The Labute approximate surface area is 344 Å². The van der Waals surface area contributed by atoms with E-state index in [1.807, 2.05) is 91.0 Å². The molecule has 278 valence electrons. The molecular weight excluding hydrogens is 737 g/mol. The number of benzene rings is 8. The lowest BCUT2D eigenvalue weighted by atomic mass is 9.99. The molecule has 0 amide bonds. The molecule has 0 bridgehead atoms. The summed E-state index contributed by atoms with van der Waals surface area (Å²) < 4.78 is 8.48. The third kappa shape index (κ3) is 5.77. The van der Waals surface area contributed by atoms with Crippen molar-refractivity contribution in [3.8, 4) is 68.2 Å². The molecule has 3 aromatic heterocycles. The molecular formula is C53H30N6O. The topological polar surface area (TPSA) is 84.9 Å². The molecule has 60 heavy (non-hydrogen) atoms. The van der Waals surface area contributed by atoms with Crippen LogP contribution in [0.1, 0.15) is 5.56 Å². The Morgan fingerprint density at radius 3 is 1.82 bits per heavy atom. The van der Waals surface area contributed by atoms with Crippen LogP contribution in [0.25, 0.3) is 111 Å². The second kappa shape index (κ2) is 14.1. The van der Waals surface area contributed by atoms with Crippen LogP contribution < -0.4 is 0 Å². The van der Waals surface area contributed by atoms with Crippen molar-refractivity contribution in [3.63, 3.8) is 0 Å². The Bertz CT molecular complexity index is 3520. The Morgan fingerprint density at radius 2 is 1.07 bits per heavy atom. The van der Waals surface area contributed by atoms with Crippen LogP contribution >= 0.6 is 0 Å². The fraction of sp³-hybridized carbons (Fsp3) is 0. The minimum Gasteiger partial charge on any atom is -0.456 e. The van der Waals surface area contributed by atoms with Crippen molar-refractivity contribution in [2.45, 2.75) is 0 Å². The zero-order valence-corrected chi connectivity index (χ0v) is 31.9. The minimum absolute atomic E-state index is 0.440. The molecule has 0 unspecified atom stereocenters. The fourth-order valence-electron chi connectivity index (χ4n) is 8.26. The van der Waals surface area contributed by atoms with Crippen LogP contribution in [0.2, 0.25) is 0 Å².